The third-order valence-electron chi connectivity index (χ3n) is 3.17. The van der Waals surface area contributed by atoms with Crippen LogP contribution in [-0.4, -0.2) is 41.4 Å². The minimum Gasteiger partial charge on any atom is -0.333 e. The van der Waals surface area contributed by atoms with Gasteiger partial charge in [-0.05, 0) is 28.9 Å². The second-order valence-electron chi connectivity index (χ2n) is 4.45. The highest BCUT2D eigenvalue weighted by atomic mass is 79.9. The molecule has 1 amide bonds. The number of nitro groups is 1. The molecular formula is C12H14BrN3O3. The van der Waals surface area contributed by atoms with Gasteiger partial charge < -0.3 is 10.2 Å². The molecule has 0 aliphatic carbocycles. The largest absolute Gasteiger partial charge is 0.333 e. The van der Waals surface area contributed by atoms with Crippen molar-refractivity contribution in [3.8, 4) is 0 Å². The summed E-state index contributed by atoms with van der Waals surface area (Å²) >= 11 is 3.16. The van der Waals surface area contributed by atoms with Gasteiger partial charge >= 0.3 is 0 Å². The summed E-state index contributed by atoms with van der Waals surface area (Å²) in [7, 11) is 0. The molecule has 1 aliphatic rings. The van der Waals surface area contributed by atoms with Crippen molar-refractivity contribution in [1.82, 2.24) is 10.2 Å². The highest BCUT2D eigenvalue weighted by Gasteiger charge is 2.27. The fourth-order valence-electron chi connectivity index (χ4n) is 2.12. The molecule has 2 rings (SSSR count). The van der Waals surface area contributed by atoms with Gasteiger partial charge in [0.25, 0.3) is 11.6 Å². The molecule has 6 nitrogen and oxygen atoms in total. The van der Waals surface area contributed by atoms with Gasteiger partial charge in [-0.1, -0.05) is 6.07 Å². The van der Waals surface area contributed by atoms with E-state index >= 15 is 0 Å². The maximum atomic E-state index is 12.5. The predicted octanol–water partition coefficient (Wildman–Crippen LogP) is 1.79. The van der Waals surface area contributed by atoms with Crippen LogP contribution in [0.4, 0.5) is 5.69 Å². The number of nitrogens with zero attached hydrogens (tertiary/aromatic N) is 2. The second kappa shape index (κ2) is 5.66. The minimum atomic E-state index is -0.498. The van der Waals surface area contributed by atoms with Crippen LogP contribution in [0.15, 0.2) is 22.7 Å². The molecule has 0 aromatic heterocycles. The average molecular weight is 328 g/mol. The zero-order chi connectivity index (χ0) is 14.0. The number of nitro benzene ring substituents is 1. The molecule has 1 N–H and O–H groups in total. The standard InChI is InChI=1S/C12H14BrN3O3/c1-8-7-14-5-6-15(8)12(17)9-3-2-4-10(11(9)13)16(18)19/h2-4,8,14H,5-7H2,1H3/t8-/m0/s1. The number of nitrogens with one attached hydrogen (secondary N) is 1. The normalized spacial score (nSPS) is 19.3. The molecule has 1 aromatic rings. The van der Waals surface area contributed by atoms with Gasteiger partial charge in [0.1, 0.15) is 4.47 Å². The molecule has 1 heterocycles. The zero-order valence-electron chi connectivity index (χ0n) is 10.4. The summed E-state index contributed by atoms with van der Waals surface area (Å²) in [4.78, 5) is 24.6. The van der Waals surface area contributed by atoms with E-state index in [1.54, 1.807) is 11.0 Å². The number of hydrogen-bond acceptors (Lipinski definition) is 4. The first-order valence-electron chi connectivity index (χ1n) is 5.97. The minimum absolute atomic E-state index is 0.0763. The van der Waals surface area contributed by atoms with Gasteiger partial charge in [0, 0.05) is 31.7 Å². The Kier molecular flexibility index (Phi) is 4.16. The Bertz CT molecular complexity index is 521. The van der Waals surface area contributed by atoms with Crippen molar-refractivity contribution in [2.24, 2.45) is 0 Å². The van der Waals surface area contributed by atoms with Crippen LogP contribution in [0.3, 0.4) is 0 Å². The van der Waals surface area contributed by atoms with Crippen LogP contribution in [0.1, 0.15) is 17.3 Å². The molecule has 0 unspecified atom stereocenters. The average Bonchev–Trinajstić information content (AvgIpc) is 2.38. The van der Waals surface area contributed by atoms with Gasteiger partial charge in [-0.2, -0.15) is 0 Å². The number of piperazine rings is 1. The summed E-state index contributed by atoms with van der Waals surface area (Å²) in [6.45, 7) is 4.03. The lowest BCUT2D eigenvalue weighted by atomic mass is 10.1. The Labute approximate surface area is 119 Å². The van der Waals surface area contributed by atoms with Gasteiger partial charge in [0.15, 0.2) is 0 Å². The van der Waals surface area contributed by atoms with E-state index in [2.05, 4.69) is 21.2 Å². The Hall–Kier alpha value is -1.47. The number of amides is 1. The number of carbonyl (C=O) groups excluding carboxylic acids is 1. The summed E-state index contributed by atoms with van der Waals surface area (Å²) in [6.07, 6.45) is 0. The molecule has 102 valence electrons. The van der Waals surface area contributed by atoms with E-state index in [0.717, 1.165) is 13.1 Å². The molecule has 1 saturated heterocycles. The van der Waals surface area contributed by atoms with Gasteiger partial charge in [-0.25, -0.2) is 0 Å². The highest BCUT2D eigenvalue weighted by Crippen LogP contribution is 2.29. The fraction of sp³-hybridized carbons (Fsp3) is 0.417. The molecule has 0 radical (unpaired) electrons. The van der Waals surface area contributed by atoms with Crippen molar-refractivity contribution in [3.05, 3.63) is 38.3 Å². The van der Waals surface area contributed by atoms with Crippen molar-refractivity contribution in [1.29, 1.82) is 0 Å². The van der Waals surface area contributed by atoms with Gasteiger partial charge in [-0.15, -0.1) is 0 Å². The smallest absolute Gasteiger partial charge is 0.284 e. The van der Waals surface area contributed by atoms with E-state index in [9.17, 15) is 14.9 Å². The third-order valence-corrected chi connectivity index (χ3v) is 4.00. The van der Waals surface area contributed by atoms with Crippen LogP contribution >= 0.6 is 15.9 Å². The molecule has 1 atom stereocenters. The molecule has 19 heavy (non-hydrogen) atoms. The molecule has 0 bridgehead atoms. The number of carbonyl (C=O) groups is 1. The lowest BCUT2D eigenvalue weighted by molar-refractivity contribution is -0.385. The molecule has 1 aromatic carbocycles. The van der Waals surface area contributed by atoms with Gasteiger partial charge in [-0.3, -0.25) is 14.9 Å². The number of benzene rings is 1. The Morgan fingerprint density at radius 1 is 1.58 bits per heavy atom. The number of rotatable bonds is 2. The summed E-state index contributed by atoms with van der Waals surface area (Å²) < 4.78 is 0.246. The number of halogens is 1. The molecule has 7 heteroatoms. The lowest BCUT2D eigenvalue weighted by Crippen LogP contribution is -2.52. The van der Waals surface area contributed by atoms with Crippen LogP contribution in [-0.2, 0) is 0 Å². The fourth-order valence-corrected chi connectivity index (χ4v) is 2.70. The Morgan fingerprint density at radius 2 is 2.32 bits per heavy atom. The van der Waals surface area contributed by atoms with Gasteiger partial charge in [0.2, 0.25) is 0 Å². The Morgan fingerprint density at radius 3 is 2.95 bits per heavy atom. The van der Waals surface area contributed by atoms with Crippen molar-refractivity contribution >= 4 is 27.5 Å². The third kappa shape index (κ3) is 2.76. The maximum absolute atomic E-state index is 12.5. The molecule has 1 fully saturated rings. The first kappa shape index (κ1) is 14.0. The quantitative estimate of drug-likeness (QED) is 0.663. The molecular weight excluding hydrogens is 314 g/mol. The van der Waals surface area contributed by atoms with Crippen LogP contribution < -0.4 is 5.32 Å². The predicted molar refractivity (Wildman–Crippen MR) is 74.2 cm³/mol. The van der Waals surface area contributed by atoms with E-state index in [4.69, 9.17) is 0 Å². The van der Waals surface area contributed by atoms with Crippen molar-refractivity contribution in [3.63, 3.8) is 0 Å². The molecule has 1 aliphatic heterocycles. The maximum Gasteiger partial charge on any atom is 0.284 e. The first-order chi connectivity index (χ1) is 9.02. The summed E-state index contributed by atoms with van der Waals surface area (Å²) in [5.41, 5.74) is 0.247. The Balaban J connectivity index is 2.33. The van der Waals surface area contributed by atoms with Crippen LogP contribution in [0.5, 0.6) is 0 Å². The van der Waals surface area contributed by atoms with Crippen molar-refractivity contribution < 1.29 is 9.72 Å². The monoisotopic (exact) mass is 327 g/mol. The zero-order valence-corrected chi connectivity index (χ0v) is 12.0. The number of hydrogen-bond donors (Lipinski definition) is 1. The van der Waals surface area contributed by atoms with E-state index < -0.39 is 4.92 Å². The van der Waals surface area contributed by atoms with E-state index in [1.165, 1.54) is 12.1 Å². The van der Waals surface area contributed by atoms with E-state index in [-0.39, 0.29) is 22.1 Å². The van der Waals surface area contributed by atoms with E-state index in [0.29, 0.717) is 12.1 Å². The van der Waals surface area contributed by atoms with Crippen LogP contribution in [0.25, 0.3) is 0 Å². The molecule has 0 spiro atoms. The second-order valence-corrected chi connectivity index (χ2v) is 5.24. The van der Waals surface area contributed by atoms with E-state index in [1.807, 2.05) is 6.92 Å². The topological polar surface area (TPSA) is 75.5 Å². The van der Waals surface area contributed by atoms with Crippen molar-refractivity contribution in [2.75, 3.05) is 19.6 Å². The summed E-state index contributed by atoms with van der Waals surface area (Å²) in [6, 6.07) is 4.59. The summed E-state index contributed by atoms with van der Waals surface area (Å²) in [5, 5.41) is 14.1. The first-order valence-corrected chi connectivity index (χ1v) is 6.76. The molecule has 0 saturated carbocycles. The SMILES string of the molecule is C[C@H]1CNCCN1C(=O)c1cccc([N+](=O)[O-])c1Br. The van der Waals surface area contributed by atoms with Gasteiger partial charge in [0.05, 0.1) is 10.5 Å². The summed E-state index contributed by atoms with van der Waals surface area (Å²) in [5.74, 6) is -0.176. The highest BCUT2D eigenvalue weighted by molar-refractivity contribution is 9.10. The van der Waals surface area contributed by atoms with Crippen molar-refractivity contribution in [2.45, 2.75) is 13.0 Å². The lowest BCUT2D eigenvalue weighted by Gasteiger charge is -2.34. The van der Waals surface area contributed by atoms with Crippen LogP contribution in [0.2, 0.25) is 0 Å². The van der Waals surface area contributed by atoms with Crippen LogP contribution in [0, 0.1) is 10.1 Å².